The van der Waals surface area contributed by atoms with Crippen LogP contribution >= 0.6 is 0 Å². The molecule has 0 saturated heterocycles. The van der Waals surface area contributed by atoms with Gasteiger partial charge in [-0.05, 0) is 6.92 Å². The number of carbonyl (C=O) groups is 1. The van der Waals surface area contributed by atoms with Crippen LogP contribution in [0.5, 0.6) is 0 Å². The van der Waals surface area contributed by atoms with Gasteiger partial charge in [-0.2, -0.15) is 0 Å². The van der Waals surface area contributed by atoms with E-state index in [0.29, 0.717) is 6.54 Å². The molecule has 0 aliphatic heterocycles. The van der Waals surface area contributed by atoms with Crippen LogP contribution in [0.1, 0.15) is 6.92 Å². The molecule has 0 bridgehead atoms. The molecule has 0 unspecified atom stereocenters. The normalized spacial score (nSPS) is 7.71. The molecule has 1 amide bonds. The third-order valence-electron chi connectivity index (χ3n) is 0.502. The van der Waals surface area contributed by atoms with Crippen LogP contribution < -0.4 is 11.0 Å². The third-order valence-corrected chi connectivity index (χ3v) is 0.502. The highest BCUT2D eigenvalue weighted by atomic mass is 16.1. The Bertz CT molecular complexity index is 66.0. The lowest BCUT2D eigenvalue weighted by Crippen LogP contribution is -2.31. The molecule has 0 aromatic rings. The van der Waals surface area contributed by atoms with Crippen molar-refractivity contribution in [2.24, 2.45) is 5.64 Å². The maximum absolute atomic E-state index is 10.1. The molecule has 1 radical (unpaired) electrons. The topological polar surface area (TPSA) is 55.1 Å². The summed E-state index contributed by atoms with van der Waals surface area (Å²) >= 11 is 0. The fourth-order valence-electron chi connectivity index (χ4n) is 0.233. The Morgan fingerprint density at radius 2 is 2.57 bits per heavy atom. The predicted molar refractivity (Wildman–Crippen MR) is 29.0 cm³/mol. The van der Waals surface area contributed by atoms with E-state index < -0.39 is 0 Å². The molecule has 0 spiro atoms. The first-order valence-corrected chi connectivity index (χ1v) is 2.14. The molecule has 0 rings (SSSR count). The Hall–Kier alpha value is -0.505. The summed E-state index contributed by atoms with van der Waals surface area (Å²) in [5, 5.41) is 2.48. The molecule has 39 valence electrons. The van der Waals surface area contributed by atoms with Crippen LogP contribution in [0.15, 0.2) is 0 Å². The maximum Gasteiger partial charge on any atom is 0.323 e. The second kappa shape index (κ2) is 3.68. The van der Waals surface area contributed by atoms with Crippen molar-refractivity contribution in [1.29, 1.82) is 0 Å². The van der Waals surface area contributed by atoms with Gasteiger partial charge in [-0.15, -0.1) is 0 Å². The van der Waals surface area contributed by atoms with E-state index in [4.69, 9.17) is 5.64 Å². The van der Waals surface area contributed by atoms with Crippen molar-refractivity contribution in [2.45, 2.75) is 6.92 Å². The van der Waals surface area contributed by atoms with Gasteiger partial charge < -0.3 is 11.0 Å². The lowest BCUT2D eigenvalue weighted by molar-refractivity contribution is 0.259. The van der Waals surface area contributed by atoms with E-state index in [-0.39, 0.29) is 5.81 Å². The zero-order chi connectivity index (χ0) is 5.70. The first-order chi connectivity index (χ1) is 3.31. The standard InChI is InChI=1S/C3H8BN2O/c1-2-6-3(7)4-5/h2,5H2,1H3,(H,6,7). The van der Waals surface area contributed by atoms with E-state index in [1.807, 2.05) is 6.92 Å². The highest BCUT2D eigenvalue weighted by Crippen LogP contribution is 1.57. The molecule has 7 heavy (non-hydrogen) atoms. The van der Waals surface area contributed by atoms with E-state index in [2.05, 4.69) is 5.32 Å². The van der Waals surface area contributed by atoms with Crippen LogP contribution in [0.2, 0.25) is 0 Å². The molecule has 0 aromatic heterocycles. The number of hydrogen-bond acceptors (Lipinski definition) is 2. The lowest BCUT2D eigenvalue weighted by Gasteiger charge is -1.92. The van der Waals surface area contributed by atoms with Crippen molar-refractivity contribution in [3.8, 4) is 0 Å². The molecule has 0 atom stereocenters. The SMILES string of the molecule is CCNC(=O)[B]N. The van der Waals surface area contributed by atoms with Gasteiger partial charge in [0.15, 0.2) is 5.81 Å². The molecule has 0 aliphatic rings. The summed E-state index contributed by atoms with van der Waals surface area (Å²) in [4.78, 5) is 10.1. The van der Waals surface area contributed by atoms with Crippen LogP contribution in [-0.4, -0.2) is 19.8 Å². The van der Waals surface area contributed by atoms with Crippen molar-refractivity contribution in [3.63, 3.8) is 0 Å². The molecule has 3 N–H and O–H groups in total. The number of rotatable bonds is 2. The Balaban J connectivity index is 3.00. The Labute approximate surface area is 43.5 Å². The Kier molecular flexibility index (Phi) is 3.41. The van der Waals surface area contributed by atoms with Gasteiger partial charge in [0.2, 0.25) is 0 Å². The minimum absolute atomic E-state index is 0.220. The smallest absolute Gasteiger partial charge is 0.323 e. The molecule has 0 aromatic carbocycles. The first-order valence-electron chi connectivity index (χ1n) is 2.14. The average Bonchev–Trinajstić information content (AvgIpc) is 1.68. The second-order valence-corrected chi connectivity index (χ2v) is 1.06. The van der Waals surface area contributed by atoms with Crippen LogP contribution in [0.4, 0.5) is 4.79 Å². The fourth-order valence-corrected chi connectivity index (χ4v) is 0.233. The largest absolute Gasteiger partial charge is 0.366 e. The third kappa shape index (κ3) is 3.32. The van der Waals surface area contributed by atoms with Crippen LogP contribution in [0.25, 0.3) is 0 Å². The summed E-state index contributed by atoms with van der Waals surface area (Å²) < 4.78 is 0. The Morgan fingerprint density at radius 3 is 2.71 bits per heavy atom. The predicted octanol–water partition coefficient (Wildman–Crippen LogP) is -0.706. The molecule has 0 heterocycles. The van der Waals surface area contributed by atoms with Crippen molar-refractivity contribution in [1.82, 2.24) is 5.32 Å². The molecule has 4 heteroatoms. The van der Waals surface area contributed by atoms with Gasteiger partial charge in [0.1, 0.15) is 0 Å². The summed E-state index contributed by atoms with van der Waals surface area (Å²) in [5.74, 6) is -0.220. The van der Waals surface area contributed by atoms with Crippen LogP contribution in [0, 0.1) is 0 Å². The summed E-state index contributed by atoms with van der Waals surface area (Å²) in [6.45, 7) is 2.47. The van der Waals surface area contributed by atoms with Gasteiger partial charge in [-0.1, -0.05) is 0 Å². The highest BCUT2D eigenvalue weighted by Gasteiger charge is 1.92. The van der Waals surface area contributed by atoms with E-state index in [0.717, 1.165) is 7.41 Å². The highest BCUT2D eigenvalue weighted by molar-refractivity contribution is 6.70. The van der Waals surface area contributed by atoms with Crippen LogP contribution in [-0.2, 0) is 0 Å². The Morgan fingerprint density at radius 1 is 2.00 bits per heavy atom. The van der Waals surface area contributed by atoms with E-state index in [1.165, 1.54) is 0 Å². The molecule has 0 fully saturated rings. The maximum atomic E-state index is 10.1. The van der Waals surface area contributed by atoms with Crippen molar-refractivity contribution in [3.05, 3.63) is 0 Å². The molecule has 3 nitrogen and oxygen atoms in total. The van der Waals surface area contributed by atoms with E-state index in [1.54, 1.807) is 0 Å². The quantitative estimate of drug-likeness (QED) is 0.449. The fraction of sp³-hybridized carbons (Fsp3) is 0.667. The van der Waals surface area contributed by atoms with E-state index >= 15 is 0 Å². The number of carbonyl (C=O) groups excluding carboxylic acids is 1. The molecular weight excluding hydrogens is 90.9 g/mol. The molecule has 0 saturated carbocycles. The number of hydrogen-bond donors (Lipinski definition) is 2. The minimum Gasteiger partial charge on any atom is -0.366 e. The zero-order valence-corrected chi connectivity index (χ0v) is 4.27. The van der Waals surface area contributed by atoms with Gasteiger partial charge >= 0.3 is 7.41 Å². The molecule has 0 aliphatic carbocycles. The zero-order valence-electron chi connectivity index (χ0n) is 4.27. The van der Waals surface area contributed by atoms with Gasteiger partial charge in [-0.25, -0.2) is 0 Å². The number of nitrogens with one attached hydrogen (secondary N) is 1. The van der Waals surface area contributed by atoms with Crippen molar-refractivity contribution < 1.29 is 4.79 Å². The summed E-state index contributed by atoms with van der Waals surface area (Å²) in [6.07, 6.45) is 0. The van der Waals surface area contributed by atoms with Gasteiger partial charge in [0, 0.05) is 6.54 Å². The van der Waals surface area contributed by atoms with E-state index in [9.17, 15) is 4.79 Å². The minimum atomic E-state index is -0.220. The van der Waals surface area contributed by atoms with Gasteiger partial charge in [-0.3, -0.25) is 4.79 Å². The average molecular weight is 98.9 g/mol. The van der Waals surface area contributed by atoms with Crippen molar-refractivity contribution in [2.75, 3.05) is 6.54 Å². The van der Waals surface area contributed by atoms with Gasteiger partial charge in [0.05, 0.1) is 0 Å². The summed E-state index contributed by atoms with van der Waals surface area (Å²) in [7, 11) is 1.00. The first kappa shape index (κ1) is 6.49. The number of amides is 1. The van der Waals surface area contributed by atoms with Gasteiger partial charge in [0.25, 0.3) is 0 Å². The second-order valence-electron chi connectivity index (χ2n) is 1.06. The van der Waals surface area contributed by atoms with Crippen molar-refractivity contribution >= 4 is 13.2 Å². The molecular formula is C3H8BN2O. The number of nitrogens with two attached hydrogens (primary N) is 1. The summed E-state index contributed by atoms with van der Waals surface area (Å²) in [6, 6.07) is 0. The summed E-state index contributed by atoms with van der Waals surface area (Å²) in [5.41, 5.74) is 4.82. The monoisotopic (exact) mass is 99.1 g/mol. The lowest BCUT2D eigenvalue weighted by atomic mass is 9.97. The van der Waals surface area contributed by atoms with Crippen LogP contribution in [0.3, 0.4) is 0 Å².